The summed E-state index contributed by atoms with van der Waals surface area (Å²) in [6.45, 7) is 8.93. The van der Waals surface area contributed by atoms with Gasteiger partial charge in [0.2, 0.25) is 0 Å². The van der Waals surface area contributed by atoms with Gasteiger partial charge in [0.1, 0.15) is 0 Å². The van der Waals surface area contributed by atoms with E-state index in [1.807, 2.05) is 39.0 Å². The fraction of sp³-hybridized carbons (Fsp3) is 0.640. The Morgan fingerprint density at radius 1 is 0.861 bits per heavy atom. The van der Waals surface area contributed by atoms with Crippen molar-refractivity contribution in [1.82, 2.24) is 19.6 Å². The van der Waals surface area contributed by atoms with Gasteiger partial charge in [-0.15, -0.1) is 0 Å². The van der Waals surface area contributed by atoms with Crippen molar-refractivity contribution in [3.05, 3.63) is 29.8 Å². The van der Waals surface area contributed by atoms with Gasteiger partial charge in [-0.05, 0) is 31.0 Å². The van der Waals surface area contributed by atoms with Crippen LogP contribution >= 0.6 is 0 Å². The number of hydrogen-bond donors (Lipinski definition) is 4. The van der Waals surface area contributed by atoms with E-state index in [0.717, 1.165) is 17.7 Å². The molecular formula is C25H41N5O6. The molecule has 0 radical (unpaired) electrons. The summed E-state index contributed by atoms with van der Waals surface area (Å²) < 4.78 is 0. The lowest BCUT2D eigenvalue weighted by atomic mass is 10.1. The average molecular weight is 508 g/mol. The number of nitrogens with one attached hydrogen (secondary N) is 1. The summed E-state index contributed by atoms with van der Waals surface area (Å²) in [6.07, 6.45) is 1.02. The van der Waals surface area contributed by atoms with Gasteiger partial charge in [0.05, 0.1) is 19.6 Å². The van der Waals surface area contributed by atoms with Crippen molar-refractivity contribution in [2.24, 2.45) is 0 Å². The van der Waals surface area contributed by atoms with E-state index in [9.17, 15) is 29.7 Å². The van der Waals surface area contributed by atoms with E-state index in [0.29, 0.717) is 64.9 Å². The number of carboxylic acids is 3. The first kappa shape index (κ1) is 29.5. The second kappa shape index (κ2) is 15.4. The second-order valence-corrected chi connectivity index (χ2v) is 9.44. The van der Waals surface area contributed by atoms with Crippen molar-refractivity contribution in [1.29, 1.82) is 0 Å². The van der Waals surface area contributed by atoms with Crippen LogP contribution in [0.25, 0.3) is 0 Å². The van der Waals surface area contributed by atoms with E-state index in [2.05, 4.69) is 24.1 Å². The normalized spacial score (nSPS) is 17.2. The van der Waals surface area contributed by atoms with Gasteiger partial charge in [0.15, 0.2) is 0 Å². The zero-order chi connectivity index (χ0) is 26.5. The Morgan fingerprint density at radius 2 is 1.36 bits per heavy atom. The highest BCUT2D eigenvalue weighted by atomic mass is 16.4. The maximum absolute atomic E-state index is 11.5. The quantitative estimate of drug-likeness (QED) is 0.285. The smallest absolute Gasteiger partial charge is 0.317 e. The van der Waals surface area contributed by atoms with Gasteiger partial charge in [0.25, 0.3) is 0 Å². The molecule has 1 unspecified atom stereocenters. The van der Waals surface area contributed by atoms with Crippen LogP contribution in [0, 0.1) is 0 Å². The van der Waals surface area contributed by atoms with Gasteiger partial charge in [0, 0.05) is 70.6 Å². The number of carbonyl (C=O) groups is 3. The molecule has 0 aliphatic carbocycles. The number of carboxylic acid groups (broad SMARTS) is 3. The van der Waals surface area contributed by atoms with Gasteiger partial charge in [-0.25, -0.2) is 0 Å². The Labute approximate surface area is 213 Å². The summed E-state index contributed by atoms with van der Waals surface area (Å²) in [7, 11) is 0. The Morgan fingerprint density at radius 3 is 1.81 bits per heavy atom. The van der Waals surface area contributed by atoms with Gasteiger partial charge in [-0.3, -0.25) is 34.0 Å². The molecule has 4 N–H and O–H groups in total. The predicted molar refractivity (Wildman–Crippen MR) is 137 cm³/mol. The summed E-state index contributed by atoms with van der Waals surface area (Å²) in [5.41, 5.74) is 2.06. The SMILES string of the molecule is CCC(C)Nc1ccc(CN(CCN2CCN(CC(=O)O)CCN(CC(=O)O)CC2)CC(=O)O)cc1. The standard InChI is InChI=1S/C25H41N5O6/c1-3-20(2)26-22-6-4-21(5-7-22)16-30(19-25(35)36)15-10-27-8-11-28(17-23(31)32)13-14-29(12-9-27)18-24(33)34/h4-7,20,26H,3,8-19H2,1-2H3,(H,31,32)(H,33,34)(H,35,36). The molecule has 1 aromatic rings. The molecular weight excluding hydrogens is 466 g/mol. The summed E-state index contributed by atoms with van der Waals surface area (Å²) in [5, 5.41) is 31.3. The molecule has 11 nitrogen and oxygen atoms in total. The Bertz CT molecular complexity index is 809. The minimum Gasteiger partial charge on any atom is -0.480 e. The third-order valence-electron chi connectivity index (χ3n) is 6.39. The monoisotopic (exact) mass is 507 g/mol. The summed E-state index contributed by atoms with van der Waals surface area (Å²) in [5.74, 6) is -2.72. The lowest BCUT2D eigenvalue weighted by molar-refractivity contribution is -0.140. The van der Waals surface area contributed by atoms with Crippen molar-refractivity contribution >= 4 is 23.6 Å². The summed E-state index contributed by atoms with van der Waals surface area (Å²) >= 11 is 0. The molecule has 0 aromatic heterocycles. The molecule has 1 aliphatic rings. The molecule has 1 heterocycles. The molecule has 0 saturated carbocycles. The van der Waals surface area contributed by atoms with E-state index in [-0.39, 0.29) is 19.6 Å². The third kappa shape index (κ3) is 11.8. The predicted octanol–water partition coefficient (Wildman–Crippen LogP) is 0.872. The molecule has 1 aliphatic heterocycles. The van der Waals surface area contributed by atoms with Crippen LogP contribution in [0.15, 0.2) is 24.3 Å². The van der Waals surface area contributed by atoms with Crippen LogP contribution in [0.5, 0.6) is 0 Å². The molecule has 0 spiro atoms. The molecule has 1 saturated heterocycles. The van der Waals surface area contributed by atoms with E-state index in [4.69, 9.17) is 0 Å². The largest absolute Gasteiger partial charge is 0.480 e. The first-order chi connectivity index (χ1) is 17.1. The van der Waals surface area contributed by atoms with E-state index < -0.39 is 17.9 Å². The van der Waals surface area contributed by atoms with Gasteiger partial charge in [-0.2, -0.15) is 0 Å². The number of anilines is 1. The minimum atomic E-state index is -0.913. The van der Waals surface area contributed by atoms with E-state index in [1.54, 1.807) is 0 Å². The average Bonchev–Trinajstić information content (AvgIpc) is 2.89. The summed E-state index contributed by atoms with van der Waals surface area (Å²) in [4.78, 5) is 41.7. The Balaban J connectivity index is 2.01. The first-order valence-corrected chi connectivity index (χ1v) is 12.5. The highest BCUT2D eigenvalue weighted by molar-refractivity contribution is 5.69. The lowest BCUT2D eigenvalue weighted by Crippen LogP contribution is -2.42. The molecule has 1 atom stereocenters. The van der Waals surface area contributed by atoms with Crippen LogP contribution in [0.2, 0.25) is 0 Å². The number of rotatable bonds is 14. The zero-order valence-corrected chi connectivity index (χ0v) is 21.4. The van der Waals surface area contributed by atoms with Crippen LogP contribution in [0.3, 0.4) is 0 Å². The fourth-order valence-electron chi connectivity index (χ4n) is 4.15. The molecule has 1 aromatic carbocycles. The van der Waals surface area contributed by atoms with Crippen molar-refractivity contribution in [2.45, 2.75) is 32.9 Å². The maximum Gasteiger partial charge on any atom is 0.317 e. The number of nitrogens with zero attached hydrogens (tertiary/aromatic N) is 4. The maximum atomic E-state index is 11.5. The number of hydrogen-bond acceptors (Lipinski definition) is 8. The Kier molecular flexibility index (Phi) is 12.6. The minimum absolute atomic E-state index is 0.0863. The van der Waals surface area contributed by atoms with Crippen LogP contribution in [0.4, 0.5) is 5.69 Å². The van der Waals surface area contributed by atoms with E-state index in [1.165, 1.54) is 0 Å². The van der Waals surface area contributed by atoms with Crippen LogP contribution in [-0.4, -0.2) is 131 Å². The van der Waals surface area contributed by atoms with Crippen molar-refractivity contribution in [3.63, 3.8) is 0 Å². The topological polar surface area (TPSA) is 137 Å². The van der Waals surface area contributed by atoms with Crippen molar-refractivity contribution < 1.29 is 29.7 Å². The summed E-state index contributed by atoms with van der Waals surface area (Å²) in [6, 6.07) is 8.41. The first-order valence-electron chi connectivity index (χ1n) is 12.5. The highest BCUT2D eigenvalue weighted by Gasteiger charge is 2.20. The molecule has 202 valence electrons. The van der Waals surface area contributed by atoms with E-state index >= 15 is 0 Å². The van der Waals surface area contributed by atoms with Gasteiger partial charge in [-0.1, -0.05) is 19.1 Å². The van der Waals surface area contributed by atoms with Gasteiger partial charge < -0.3 is 20.6 Å². The van der Waals surface area contributed by atoms with Crippen molar-refractivity contribution in [3.8, 4) is 0 Å². The molecule has 11 heteroatoms. The zero-order valence-electron chi connectivity index (χ0n) is 21.4. The highest BCUT2D eigenvalue weighted by Crippen LogP contribution is 2.13. The lowest BCUT2D eigenvalue weighted by Gasteiger charge is -2.28. The third-order valence-corrected chi connectivity index (χ3v) is 6.39. The fourth-order valence-corrected chi connectivity index (χ4v) is 4.15. The van der Waals surface area contributed by atoms with Crippen LogP contribution in [0.1, 0.15) is 25.8 Å². The Hall–Kier alpha value is -2.73. The molecule has 0 amide bonds. The molecule has 1 fully saturated rings. The number of aliphatic carboxylic acids is 3. The van der Waals surface area contributed by atoms with Crippen molar-refractivity contribution in [2.75, 3.05) is 77.3 Å². The van der Waals surface area contributed by atoms with Crippen LogP contribution in [-0.2, 0) is 20.9 Å². The van der Waals surface area contributed by atoms with Gasteiger partial charge >= 0.3 is 17.9 Å². The second-order valence-electron chi connectivity index (χ2n) is 9.44. The molecule has 2 rings (SSSR count). The molecule has 0 bridgehead atoms. The van der Waals surface area contributed by atoms with Crippen LogP contribution < -0.4 is 5.32 Å². The number of benzene rings is 1. The molecule has 36 heavy (non-hydrogen) atoms.